The van der Waals surface area contributed by atoms with E-state index < -0.39 is 10.0 Å². The van der Waals surface area contributed by atoms with Gasteiger partial charge in [0, 0.05) is 29.4 Å². The molecule has 0 aliphatic rings. The third kappa shape index (κ3) is 5.56. The van der Waals surface area contributed by atoms with Gasteiger partial charge in [-0.25, -0.2) is 22.5 Å². The molecular formula is C18H18FN3O3S2. The van der Waals surface area contributed by atoms with Gasteiger partial charge in [0.05, 0.1) is 11.4 Å². The van der Waals surface area contributed by atoms with E-state index >= 15 is 0 Å². The highest BCUT2D eigenvalue weighted by molar-refractivity contribution is 7.89. The smallest absolute Gasteiger partial charge is 0.215 e. The Morgan fingerprint density at radius 1 is 1.22 bits per heavy atom. The number of aromatic nitrogens is 2. The third-order valence-corrected chi connectivity index (χ3v) is 6.18. The first-order valence-corrected chi connectivity index (χ1v) is 10.6. The van der Waals surface area contributed by atoms with Crippen LogP contribution < -0.4 is 9.46 Å². The lowest BCUT2D eigenvalue weighted by atomic mass is 10.3. The maximum absolute atomic E-state index is 12.8. The zero-order chi connectivity index (χ0) is 19.3. The number of pyridine rings is 1. The summed E-state index contributed by atoms with van der Waals surface area (Å²) in [7, 11) is -3.51. The molecule has 0 saturated carbocycles. The molecule has 0 atom stereocenters. The molecule has 0 spiro atoms. The lowest BCUT2D eigenvalue weighted by molar-refractivity contribution is 0.339. The Bertz CT molecular complexity index is 990. The van der Waals surface area contributed by atoms with Gasteiger partial charge in [0.25, 0.3) is 0 Å². The molecular weight excluding hydrogens is 389 g/mol. The average Bonchev–Trinajstić information content (AvgIpc) is 3.03. The molecule has 1 N–H and O–H groups in total. The van der Waals surface area contributed by atoms with E-state index in [0.717, 1.165) is 21.1 Å². The van der Waals surface area contributed by atoms with Gasteiger partial charge in [-0.1, -0.05) is 0 Å². The van der Waals surface area contributed by atoms with Crippen LogP contribution in [0.15, 0.2) is 48.8 Å². The van der Waals surface area contributed by atoms with Gasteiger partial charge in [-0.15, -0.1) is 11.3 Å². The van der Waals surface area contributed by atoms with Crippen LogP contribution in [0.2, 0.25) is 0 Å². The highest BCUT2D eigenvalue weighted by atomic mass is 32.2. The van der Waals surface area contributed by atoms with Crippen LogP contribution in [0.1, 0.15) is 10.6 Å². The number of halogens is 1. The van der Waals surface area contributed by atoms with Crippen molar-refractivity contribution >= 4 is 21.4 Å². The first-order chi connectivity index (χ1) is 12.9. The molecule has 0 bridgehead atoms. The van der Waals surface area contributed by atoms with E-state index in [-0.39, 0.29) is 24.7 Å². The van der Waals surface area contributed by atoms with Gasteiger partial charge in [-0.05, 0) is 43.3 Å². The van der Waals surface area contributed by atoms with E-state index in [1.807, 2.05) is 19.1 Å². The average molecular weight is 407 g/mol. The van der Waals surface area contributed by atoms with Gasteiger partial charge in [0.1, 0.15) is 23.2 Å². The Morgan fingerprint density at radius 3 is 2.70 bits per heavy atom. The quantitative estimate of drug-likeness (QED) is 0.620. The topological polar surface area (TPSA) is 81.2 Å². The van der Waals surface area contributed by atoms with Gasteiger partial charge in [0.2, 0.25) is 10.0 Å². The summed E-state index contributed by atoms with van der Waals surface area (Å²) in [6.45, 7) is 1.99. The molecule has 0 amide bonds. The molecule has 0 radical (unpaired) electrons. The molecule has 6 nitrogen and oxygen atoms in total. The number of nitrogens with one attached hydrogen (secondary N) is 1. The molecule has 2 heterocycles. The summed E-state index contributed by atoms with van der Waals surface area (Å²) in [6.07, 6.45) is 3.41. The summed E-state index contributed by atoms with van der Waals surface area (Å²) in [4.78, 5) is 9.39. The Labute approximate surface area is 161 Å². The maximum atomic E-state index is 12.8. The van der Waals surface area contributed by atoms with Crippen molar-refractivity contribution in [2.75, 3.05) is 12.4 Å². The van der Waals surface area contributed by atoms with E-state index in [0.29, 0.717) is 5.75 Å². The second kappa shape index (κ2) is 8.55. The summed E-state index contributed by atoms with van der Waals surface area (Å²) in [6, 6.07) is 9.16. The molecule has 0 saturated heterocycles. The Morgan fingerprint density at radius 2 is 2.00 bits per heavy atom. The molecule has 0 aliphatic carbocycles. The fourth-order valence-electron chi connectivity index (χ4n) is 2.25. The summed E-state index contributed by atoms with van der Waals surface area (Å²) in [5, 5.41) is 0.800. The third-order valence-electron chi connectivity index (χ3n) is 3.69. The summed E-state index contributed by atoms with van der Waals surface area (Å²) in [5.74, 6) is -0.147. The predicted octanol–water partition coefficient (Wildman–Crippen LogP) is 3.15. The van der Waals surface area contributed by atoms with Crippen LogP contribution in [0, 0.1) is 12.7 Å². The largest absolute Gasteiger partial charge is 0.492 e. The molecule has 0 unspecified atom stereocenters. The fraction of sp³-hybridized carbons (Fsp3) is 0.222. The van der Waals surface area contributed by atoms with Crippen molar-refractivity contribution in [3.8, 4) is 16.3 Å². The van der Waals surface area contributed by atoms with Gasteiger partial charge >= 0.3 is 0 Å². The number of ether oxygens (including phenoxy) is 1. The predicted molar refractivity (Wildman–Crippen MR) is 103 cm³/mol. The van der Waals surface area contributed by atoms with E-state index in [4.69, 9.17) is 4.74 Å². The molecule has 9 heteroatoms. The molecule has 3 aromatic rings. The van der Waals surface area contributed by atoms with E-state index in [2.05, 4.69) is 14.7 Å². The summed E-state index contributed by atoms with van der Waals surface area (Å²) >= 11 is 1.43. The SMILES string of the molecule is Cc1nc(-c2cccnc2)sc1CNS(=O)(=O)CCOc1ccc(F)cc1. The zero-order valence-electron chi connectivity index (χ0n) is 14.6. The molecule has 0 fully saturated rings. The van der Waals surface area contributed by atoms with Crippen LogP contribution in [0.4, 0.5) is 4.39 Å². The first kappa shape index (κ1) is 19.4. The number of hydrogen-bond donors (Lipinski definition) is 1. The second-order valence-corrected chi connectivity index (χ2v) is 8.72. The van der Waals surface area contributed by atoms with E-state index in [9.17, 15) is 12.8 Å². The van der Waals surface area contributed by atoms with E-state index in [1.54, 1.807) is 12.4 Å². The monoisotopic (exact) mass is 407 g/mol. The lowest BCUT2D eigenvalue weighted by Crippen LogP contribution is -2.28. The molecule has 1 aromatic carbocycles. The zero-order valence-corrected chi connectivity index (χ0v) is 16.2. The van der Waals surface area contributed by atoms with Crippen molar-refractivity contribution < 1.29 is 17.5 Å². The number of hydrogen-bond acceptors (Lipinski definition) is 6. The number of benzene rings is 1. The van der Waals surface area contributed by atoms with Crippen LogP contribution in [-0.4, -0.2) is 30.7 Å². The van der Waals surface area contributed by atoms with Crippen LogP contribution >= 0.6 is 11.3 Å². The number of aryl methyl sites for hydroxylation is 1. The second-order valence-electron chi connectivity index (χ2n) is 5.71. The summed E-state index contributed by atoms with van der Waals surface area (Å²) < 4.78 is 45.0. The Hall–Kier alpha value is -2.36. The van der Waals surface area contributed by atoms with Crippen molar-refractivity contribution in [1.29, 1.82) is 0 Å². The lowest BCUT2D eigenvalue weighted by Gasteiger charge is -2.08. The molecule has 3 rings (SSSR count). The number of nitrogens with zero attached hydrogens (tertiary/aromatic N) is 2. The number of thiazole rings is 1. The minimum absolute atomic E-state index is 0.0242. The maximum Gasteiger partial charge on any atom is 0.215 e. The molecule has 2 aromatic heterocycles. The summed E-state index contributed by atoms with van der Waals surface area (Å²) in [5.41, 5.74) is 1.68. The number of sulfonamides is 1. The van der Waals surface area contributed by atoms with Gasteiger partial charge in [-0.2, -0.15) is 0 Å². The first-order valence-electron chi connectivity index (χ1n) is 8.15. The van der Waals surface area contributed by atoms with Crippen LogP contribution in [0.25, 0.3) is 10.6 Å². The van der Waals surface area contributed by atoms with Gasteiger partial charge in [-0.3, -0.25) is 4.98 Å². The Kier molecular flexibility index (Phi) is 6.15. The Balaban J connectivity index is 1.54. The highest BCUT2D eigenvalue weighted by Crippen LogP contribution is 2.27. The molecule has 0 aliphatic heterocycles. The minimum atomic E-state index is -3.51. The standard InChI is InChI=1S/C18H18FN3O3S2/c1-13-17(26-18(22-13)14-3-2-8-20-11-14)12-21-27(23,24)10-9-25-16-6-4-15(19)5-7-16/h2-8,11,21H,9-10,12H2,1H3. The number of rotatable bonds is 8. The van der Waals surface area contributed by atoms with Crippen molar-refractivity contribution in [3.05, 3.63) is 65.2 Å². The fourth-order valence-corrected chi connectivity index (χ4v) is 4.15. The molecule has 142 valence electrons. The van der Waals surface area contributed by atoms with Crippen molar-refractivity contribution in [1.82, 2.24) is 14.7 Å². The normalized spacial score (nSPS) is 11.5. The minimum Gasteiger partial charge on any atom is -0.492 e. The van der Waals surface area contributed by atoms with Crippen LogP contribution in [0.5, 0.6) is 5.75 Å². The van der Waals surface area contributed by atoms with Crippen LogP contribution in [0.3, 0.4) is 0 Å². The van der Waals surface area contributed by atoms with Crippen molar-refractivity contribution in [2.24, 2.45) is 0 Å². The van der Waals surface area contributed by atoms with Crippen LogP contribution in [-0.2, 0) is 16.6 Å². The van der Waals surface area contributed by atoms with Crippen molar-refractivity contribution in [3.63, 3.8) is 0 Å². The van der Waals surface area contributed by atoms with E-state index in [1.165, 1.54) is 35.6 Å². The molecule has 27 heavy (non-hydrogen) atoms. The van der Waals surface area contributed by atoms with Crippen molar-refractivity contribution in [2.45, 2.75) is 13.5 Å². The van der Waals surface area contributed by atoms with Gasteiger partial charge in [0.15, 0.2) is 0 Å². The van der Waals surface area contributed by atoms with Gasteiger partial charge < -0.3 is 4.74 Å². The highest BCUT2D eigenvalue weighted by Gasteiger charge is 2.14.